The molecule has 12 heavy (non-hydrogen) atoms. The molecule has 2 rings (SSSR count). The molecule has 62 valence electrons. The number of anilines is 1. The minimum atomic E-state index is -0.314. The van der Waals surface area contributed by atoms with Crippen LogP contribution < -0.4 is 5.73 Å². The molecule has 0 amide bonds. The van der Waals surface area contributed by atoms with Gasteiger partial charge in [0.1, 0.15) is 0 Å². The zero-order valence-corrected chi connectivity index (χ0v) is 6.86. The van der Waals surface area contributed by atoms with Crippen LogP contribution >= 0.6 is 11.3 Å². The summed E-state index contributed by atoms with van der Waals surface area (Å²) in [6.45, 7) is 0. The van der Waals surface area contributed by atoms with Crippen molar-refractivity contribution < 1.29 is 9.50 Å². The highest BCUT2D eigenvalue weighted by Crippen LogP contribution is 2.35. The van der Waals surface area contributed by atoms with Gasteiger partial charge >= 0.3 is 0 Å². The third-order valence-electron chi connectivity index (χ3n) is 1.66. The van der Waals surface area contributed by atoms with E-state index in [4.69, 9.17) is 5.73 Å². The first-order chi connectivity index (χ1) is 5.68. The SMILES string of the molecule is Nc1ccc2cc(F)sc2c1O. The number of benzene rings is 1. The maximum Gasteiger partial charge on any atom is 0.177 e. The third kappa shape index (κ3) is 0.921. The molecule has 0 aliphatic heterocycles. The summed E-state index contributed by atoms with van der Waals surface area (Å²) < 4.78 is 13.2. The van der Waals surface area contributed by atoms with E-state index in [0.29, 0.717) is 10.1 Å². The number of nitrogens with two attached hydrogens (primary N) is 1. The maximum absolute atomic E-state index is 12.7. The highest BCUT2D eigenvalue weighted by Gasteiger charge is 2.07. The van der Waals surface area contributed by atoms with Gasteiger partial charge < -0.3 is 10.8 Å². The number of hydrogen-bond donors (Lipinski definition) is 2. The Kier molecular flexibility index (Phi) is 1.44. The van der Waals surface area contributed by atoms with E-state index in [-0.39, 0.29) is 16.6 Å². The summed E-state index contributed by atoms with van der Waals surface area (Å²) in [4.78, 5) is 0. The second-order valence-electron chi connectivity index (χ2n) is 2.47. The first-order valence-corrected chi connectivity index (χ1v) is 4.16. The molecule has 0 spiro atoms. The van der Waals surface area contributed by atoms with Crippen LogP contribution in [0.2, 0.25) is 0 Å². The number of halogens is 1. The number of hydrogen-bond acceptors (Lipinski definition) is 3. The van der Waals surface area contributed by atoms with Crippen LogP contribution in [0.1, 0.15) is 0 Å². The molecule has 0 bridgehead atoms. The molecule has 0 aliphatic carbocycles. The molecular weight excluding hydrogens is 177 g/mol. The van der Waals surface area contributed by atoms with Gasteiger partial charge in [0, 0.05) is 0 Å². The van der Waals surface area contributed by atoms with E-state index in [1.807, 2.05) is 0 Å². The molecule has 2 nitrogen and oxygen atoms in total. The van der Waals surface area contributed by atoms with Gasteiger partial charge in [-0.2, -0.15) is 4.39 Å². The van der Waals surface area contributed by atoms with E-state index in [0.717, 1.165) is 11.3 Å². The highest BCUT2D eigenvalue weighted by molar-refractivity contribution is 7.18. The highest BCUT2D eigenvalue weighted by atomic mass is 32.1. The first kappa shape index (κ1) is 7.36. The molecule has 2 aromatic rings. The van der Waals surface area contributed by atoms with Crippen molar-refractivity contribution in [2.75, 3.05) is 5.73 Å². The van der Waals surface area contributed by atoms with Crippen LogP contribution in [0.5, 0.6) is 5.75 Å². The first-order valence-electron chi connectivity index (χ1n) is 3.35. The molecular formula is C8H6FNOS. The maximum atomic E-state index is 12.7. The molecule has 3 N–H and O–H groups in total. The Bertz CT molecular complexity index is 438. The smallest absolute Gasteiger partial charge is 0.177 e. The quantitative estimate of drug-likeness (QED) is 0.486. The van der Waals surface area contributed by atoms with Gasteiger partial charge in [-0.1, -0.05) is 6.07 Å². The van der Waals surface area contributed by atoms with E-state index in [1.165, 1.54) is 6.07 Å². The monoisotopic (exact) mass is 183 g/mol. The summed E-state index contributed by atoms with van der Waals surface area (Å²) in [6, 6.07) is 4.62. The zero-order chi connectivity index (χ0) is 8.72. The lowest BCUT2D eigenvalue weighted by molar-refractivity contribution is 0.485. The second-order valence-corrected chi connectivity index (χ2v) is 3.47. The van der Waals surface area contributed by atoms with Gasteiger partial charge in [-0.05, 0) is 17.5 Å². The van der Waals surface area contributed by atoms with E-state index in [9.17, 15) is 9.50 Å². The molecule has 1 aromatic carbocycles. The van der Waals surface area contributed by atoms with Crippen molar-refractivity contribution in [3.05, 3.63) is 23.3 Å². The Morgan fingerprint density at radius 1 is 1.42 bits per heavy atom. The molecule has 4 heteroatoms. The number of nitrogen functional groups attached to an aromatic ring is 1. The van der Waals surface area contributed by atoms with Crippen molar-refractivity contribution in [2.45, 2.75) is 0 Å². The van der Waals surface area contributed by atoms with Crippen molar-refractivity contribution in [1.29, 1.82) is 0 Å². The standard InChI is InChI=1S/C8H6FNOS/c9-6-3-4-1-2-5(10)7(11)8(4)12-6/h1-3,11H,10H2. The number of phenolic OH excluding ortho intramolecular Hbond substituents is 1. The van der Waals surface area contributed by atoms with Crippen molar-refractivity contribution in [3.8, 4) is 5.75 Å². The lowest BCUT2D eigenvalue weighted by Crippen LogP contribution is -1.83. The molecule has 0 atom stereocenters. The summed E-state index contributed by atoms with van der Waals surface area (Å²) in [6.07, 6.45) is 0. The molecule has 0 radical (unpaired) electrons. The average Bonchev–Trinajstić information content (AvgIpc) is 2.39. The van der Waals surface area contributed by atoms with Crippen molar-refractivity contribution in [2.24, 2.45) is 0 Å². The fraction of sp³-hybridized carbons (Fsp3) is 0. The van der Waals surface area contributed by atoms with E-state index in [2.05, 4.69) is 0 Å². The minimum Gasteiger partial charge on any atom is -0.504 e. The summed E-state index contributed by atoms with van der Waals surface area (Å²) in [5.74, 6) is -0.0265. The van der Waals surface area contributed by atoms with Gasteiger partial charge in [-0.25, -0.2) is 0 Å². The van der Waals surface area contributed by atoms with Gasteiger partial charge in [0.2, 0.25) is 0 Å². The van der Waals surface area contributed by atoms with Gasteiger partial charge in [0.05, 0.1) is 10.4 Å². The predicted molar refractivity (Wildman–Crippen MR) is 47.9 cm³/mol. The van der Waals surface area contributed by atoms with E-state index < -0.39 is 0 Å². The Balaban J connectivity index is 2.89. The Hall–Kier alpha value is -1.29. The van der Waals surface area contributed by atoms with Gasteiger partial charge in [0.15, 0.2) is 10.9 Å². The van der Waals surface area contributed by atoms with Crippen LogP contribution in [-0.4, -0.2) is 5.11 Å². The topological polar surface area (TPSA) is 46.2 Å². The van der Waals surface area contributed by atoms with E-state index >= 15 is 0 Å². The van der Waals surface area contributed by atoms with Crippen molar-refractivity contribution in [1.82, 2.24) is 0 Å². The fourth-order valence-corrected chi connectivity index (χ4v) is 1.91. The normalized spacial score (nSPS) is 10.8. The van der Waals surface area contributed by atoms with Crippen LogP contribution in [0.4, 0.5) is 10.1 Å². The summed E-state index contributed by atoms with van der Waals surface area (Å²) >= 11 is 0.896. The van der Waals surface area contributed by atoms with Crippen LogP contribution in [-0.2, 0) is 0 Å². The third-order valence-corrected chi connectivity index (χ3v) is 2.61. The minimum absolute atomic E-state index is 0.0265. The van der Waals surface area contributed by atoms with Gasteiger partial charge in [0.25, 0.3) is 0 Å². The Morgan fingerprint density at radius 2 is 2.17 bits per heavy atom. The van der Waals surface area contributed by atoms with Crippen LogP contribution in [0.3, 0.4) is 0 Å². The lowest BCUT2D eigenvalue weighted by Gasteiger charge is -1.97. The van der Waals surface area contributed by atoms with Crippen molar-refractivity contribution in [3.63, 3.8) is 0 Å². The van der Waals surface area contributed by atoms with Crippen molar-refractivity contribution >= 4 is 27.1 Å². The molecule has 0 aliphatic rings. The second kappa shape index (κ2) is 2.35. The lowest BCUT2D eigenvalue weighted by atomic mass is 10.2. The summed E-state index contributed by atoms with van der Waals surface area (Å²) in [5, 5.41) is 9.76. The van der Waals surface area contributed by atoms with Gasteiger partial charge in [-0.15, -0.1) is 11.3 Å². The summed E-state index contributed by atoms with van der Waals surface area (Å²) in [5.41, 5.74) is 5.71. The largest absolute Gasteiger partial charge is 0.504 e. The Labute approximate surface area is 72.1 Å². The predicted octanol–water partition coefficient (Wildman–Crippen LogP) is 2.33. The molecule has 0 fully saturated rings. The Morgan fingerprint density at radius 3 is 2.92 bits per heavy atom. The average molecular weight is 183 g/mol. The number of phenols is 1. The summed E-state index contributed by atoms with van der Waals surface area (Å²) in [7, 11) is 0. The van der Waals surface area contributed by atoms with Crippen LogP contribution in [0.25, 0.3) is 10.1 Å². The number of aromatic hydroxyl groups is 1. The fourth-order valence-electron chi connectivity index (χ4n) is 1.07. The molecule has 1 aromatic heterocycles. The number of fused-ring (bicyclic) bond motifs is 1. The molecule has 0 saturated carbocycles. The van der Waals surface area contributed by atoms with E-state index in [1.54, 1.807) is 12.1 Å². The zero-order valence-electron chi connectivity index (χ0n) is 6.04. The molecule has 1 heterocycles. The number of thiophene rings is 1. The molecule has 0 unspecified atom stereocenters. The van der Waals surface area contributed by atoms with Gasteiger partial charge in [-0.3, -0.25) is 0 Å². The van der Waals surface area contributed by atoms with Crippen LogP contribution in [0.15, 0.2) is 18.2 Å². The molecule has 0 saturated heterocycles. The van der Waals surface area contributed by atoms with Crippen LogP contribution in [0, 0.1) is 5.13 Å². The number of rotatable bonds is 0.